The zero-order valence-electron chi connectivity index (χ0n) is 50.0. The summed E-state index contributed by atoms with van der Waals surface area (Å²) in [4.78, 5) is 51.2. The standard InChI is InChI=1S/C69H106O12/c1-4-7-10-13-16-19-22-25-27-29-31-33-35-38-40-43-46-49-52-55-61(70)77-58-60(79-62(71)56-53-50-47-44-41-37-24-21-18-15-12-9-6-3)59-78-69-67(65(74)64(73)66(81-69)68(75)76)80-63(72)57-54-51-48-45-42-39-36-34-32-30-28-26-23-20-17-14-11-8-5-2/h7-8,10-11,16-17,19-20,25-28,31-34,38-40,42,46,48-49,51,60,64-67,69,73-74H,4-6,9,12-15,18,21-24,29-30,35-37,41,43-45,47,50,52-59H2,1-3H3,(H,75,76)/b10-7-,11-8-,19-16-,20-17-,27-25-,28-26-,33-31-,34-32-,40-38-,42-39-,49-46-,51-48-. The number of hydrogen-bond donors (Lipinski definition) is 3. The van der Waals surface area contributed by atoms with Crippen LogP contribution in [0.4, 0.5) is 0 Å². The number of rotatable bonds is 50. The summed E-state index contributed by atoms with van der Waals surface area (Å²) in [7, 11) is 0. The molecule has 0 aromatic carbocycles. The fourth-order valence-corrected chi connectivity index (χ4v) is 8.30. The molecule has 0 aliphatic carbocycles. The summed E-state index contributed by atoms with van der Waals surface area (Å²) < 4.78 is 28.3. The summed E-state index contributed by atoms with van der Waals surface area (Å²) in [5.41, 5.74) is 0. The van der Waals surface area contributed by atoms with Crippen molar-refractivity contribution in [2.45, 2.75) is 250 Å². The van der Waals surface area contributed by atoms with E-state index in [0.717, 1.165) is 83.5 Å². The summed E-state index contributed by atoms with van der Waals surface area (Å²) >= 11 is 0. The van der Waals surface area contributed by atoms with Crippen LogP contribution in [-0.2, 0) is 42.9 Å². The SMILES string of the molecule is CC/C=C\C/C=C\C/C=C\C/C=C\C/C=C\C/C=C\CCC(=O)OCC(COC1OC(C(=O)O)C(O)C(O)C1OC(=O)CC/C=C\C/C=C\C/C=C\C/C=C\C/C=C\C/C=C\CC)OC(=O)CCCCCCCCCCCCCCC. The van der Waals surface area contributed by atoms with Crippen molar-refractivity contribution < 1.29 is 58.2 Å². The van der Waals surface area contributed by atoms with Gasteiger partial charge in [0, 0.05) is 19.3 Å². The Kier molecular flexibility index (Phi) is 50.1. The Morgan fingerprint density at radius 1 is 0.420 bits per heavy atom. The van der Waals surface area contributed by atoms with E-state index in [2.05, 4.69) is 136 Å². The second-order valence-electron chi connectivity index (χ2n) is 20.2. The number of hydrogen-bond acceptors (Lipinski definition) is 11. The van der Waals surface area contributed by atoms with Gasteiger partial charge >= 0.3 is 23.9 Å². The van der Waals surface area contributed by atoms with Crippen LogP contribution in [0, 0.1) is 0 Å². The topological polar surface area (TPSA) is 175 Å². The van der Waals surface area contributed by atoms with Gasteiger partial charge < -0.3 is 39.0 Å². The molecule has 81 heavy (non-hydrogen) atoms. The Labute approximate surface area is 489 Å². The molecule has 454 valence electrons. The van der Waals surface area contributed by atoms with Crippen molar-refractivity contribution in [2.75, 3.05) is 13.2 Å². The van der Waals surface area contributed by atoms with Gasteiger partial charge in [-0.2, -0.15) is 0 Å². The first kappa shape index (κ1) is 73.6. The zero-order valence-corrected chi connectivity index (χ0v) is 50.0. The molecule has 3 N–H and O–H groups in total. The van der Waals surface area contributed by atoms with Crippen LogP contribution in [0.1, 0.15) is 213 Å². The maximum Gasteiger partial charge on any atom is 0.335 e. The Morgan fingerprint density at radius 3 is 1.16 bits per heavy atom. The van der Waals surface area contributed by atoms with Gasteiger partial charge in [-0.15, -0.1) is 0 Å². The highest BCUT2D eigenvalue weighted by Gasteiger charge is 2.50. The lowest BCUT2D eigenvalue weighted by Gasteiger charge is -2.40. The van der Waals surface area contributed by atoms with E-state index in [1.807, 2.05) is 30.4 Å². The lowest BCUT2D eigenvalue weighted by Crippen LogP contribution is -2.61. The minimum Gasteiger partial charge on any atom is -0.479 e. The van der Waals surface area contributed by atoms with Gasteiger partial charge in [0.05, 0.1) is 6.61 Å². The molecule has 1 aliphatic heterocycles. The van der Waals surface area contributed by atoms with E-state index in [4.69, 9.17) is 23.7 Å². The van der Waals surface area contributed by atoms with Crippen LogP contribution in [0.2, 0.25) is 0 Å². The van der Waals surface area contributed by atoms with Crippen LogP contribution >= 0.6 is 0 Å². The van der Waals surface area contributed by atoms with Gasteiger partial charge in [-0.25, -0.2) is 4.79 Å². The maximum absolute atomic E-state index is 13.2. The van der Waals surface area contributed by atoms with Crippen LogP contribution in [0.5, 0.6) is 0 Å². The number of unbranched alkanes of at least 4 members (excludes halogenated alkanes) is 12. The smallest absolute Gasteiger partial charge is 0.335 e. The Morgan fingerprint density at radius 2 is 0.778 bits per heavy atom. The fraction of sp³-hybridized carbons (Fsp3) is 0.594. The molecule has 0 radical (unpaired) electrons. The lowest BCUT2D eigenvalue weighted by molar-refractivity contribution is -0.301. The Bertz CT molecular complexity index is 1960. The largest absolute Gasteiger partial charge is 0.479 e. The summed E-state index contributed by atoms with van der Waals surface area (Å²) in [5.74, 6) is -3.36. The quantitative estimate of drug-likeness (QED) is 0.0228. The average molecular weight is 1130 g/mol. The van der Waals surface area contributed by atoms with Crippen molar-refractivity contribution >= 4 is 23.9 Å². The molecule has 1 heterocycles. The molecule has 0 amide bonds. The summed E-state index contributed by atoms with van der Waals surface area (Å²) in [6.45, 7) is 5.66. The first-order valence-corrected chi connectivity index (χ1v) is 30.8. The van der Waals surface area contributed by atoms with Gasteiger partial charge in [0.2, 0.25) is 0 Å². The van der Waals surface area contributed by atoms with E-state index in [-0.39, 0.29) is 25.9 Å². The number of carboxylic acid groups (broad SMARTS) is 1. The number of aliphatic carboxylic acids is 1. The van der Waals surface area contributed by atoms with E-state index >= 15 is 0 Å². The molecule has 0 bridgehead atoms. The van der Waals surface area contributed by atoms with Crippen LogP contribution in [0.25, 0.3) is 0 Å². The van der Waals surface area contributed by atoms with Crippen molar-refractivity contribution in [3.63, 3.8) is 0 Å². The Hall–Kier alpha value is -5.40. The molecular weight excluding hydrogens is 1020 g/mol. The molecule has 6 unspecified atom stereocenters. The highest BCUT2D eigenvalue weighted by molar-refractivity contribution is 5.74. The van der Waals surface area contributed by atoms with E-state index in [9.17, 15) is 34.5 Å². The van der Waals surface area contributed by atoms with Crippen molar-refractivity contribution in [1.82, 2.24) is 0 Å². The minimum atomic E-state index is -1.94. The third-order valence-electron chi connectivity index (χ3n) is 12.9. The average Bonchev–Trinajstić information content (AvgIpc) is 3.45. The molecule has 1 fully saturated rings. The van der Waals surface area contributed by atoms with Crippen LogP contribution in [0.3, 0.4) is 0 Å². The molecule has 0 aromatic rings. The summed E-state index contributed by atoms with van der Waals surface area (Å²) in [6, 6.07) is 0. The second-order valence-corrected chi connectivity index (χ2v) is 20.2. The summed E-state index contributed by atoms with van der Waals surface area (Å²) in [6.07, 6.45) is 66.9. The molecule has 12 nitrogen and oxygen atoms in total. The molecule has 1 aliphatic rings. The van der Waals surface area contributed by atoms with Crippen molar-refractivity contribution in [3.8, 4) is 0 Å². The second kappa shape index (κ2) is 55.2. The molecule has 1 saturated heterocycles. The molecule has 1 rings (SSSR count). The highest BCUT2D eigenvalue weighted by Crippen LogP contribution is 2.26. The molecule has 12 heteroatoms. The number of esters is 3. The van der Waals surface area contributed by atoms with E-state index in [1.54, 1.807) is 0 Å². The predicted molar refractivity (Wildman–Crippen MR) is 330 cm³/mol. The summed E-state index contributed by atoms with van der Waals surface area (Å²) in [5, 5.41) is 31.5. The van der Waals surface area contributed by atoms with Gasteiger partial charge in [-0.05, 0) is 96.3 Å². The van der Waals surface area contributed by atoms with Crippen LogP contribution in [0.15, 0.2) is 146 Å². The number of aliphatic hydroxyl groups excluding tert-OH is 2. The zero-order chi connectivity index (χ0) is 58.9. The Balaban J connectivity index is 2.77. The van der Waals surface area contributed by atoms with E-state index in [1.165, 1.54) is 57.8 Å². The third kappa shape index (κ3) is 44.9. The molecular formula is C69H106O12. The van der Waals surface area contributed by atoms with Crippen molar-refractivity contribution in [1.29, 1.82) is 0 Å². The number of carbonyl (C=O) groups is 4. The van der Waals surface area contributed by atoms with Crippen LogP contribution in [-0.4, -0.2) is 89.2 Å². The van der Waals surface area contributed by atoms with Crippen LogP contribution < -0.4 is 0 Å². The van der Waals surface area contributed by atoms with Gasteiger partial charge in [0.25, 0.3) is 0 Å². The monoisotopic (exact) mass is 1130 g/mol. The predicted octanol–water partition coefficient (Wildman–Crippen LogP) is 16.3. The number of aliphatic hydroxyl groups is 2. The normalized spacial score (nSPS) is 18.8. The molecule has 0 spiro atoms. The highest BCUT2D eigenvalue weighted by atomic mass is 16.7. The molecule has 0 saturated carbocycles. The van der Waals surface area contributed by atoms with E-state index < -0.39 is 67.3 Å². The van der Waals surface area contributed by atoms with Gasteiger partial charge in [0.15, 0.2) is 24.6 Å². The number of carbonyl (C=O) groups excluding carboxylic acids is 3. The first-order chi connectivity index (χ1) is 39.6. The lowest BCUT2D eigenvalue weighted by atomic mass is 9.98. The number of allylic oxidation sites excluding steroid dienone is 24. The first-order valence-electron chi connectivity index (χ1n) is 30.8. The number of ether oxygens (including phenoxy) is 5. The maximum atomic E-state index is 13.2. The van der Waals surface area contributed by atoms with Crippen molar-refractivity contribution in [3.05, 3.63) is 146 Å². The molecule has 0 aromatic heterocycles. The van der Waals surface area contributed by atoms with E-state index in [0.29, 0.717) is 32.1 Å². The van der Waals surface area contributed by atoms with Crippen molar-refractivity contribution in [2.24, 2.45) is 0 Å². The van der Waals surface area contributed by atoms with Gasteiger partial charge in [-0.1, -0.05) is 244 Å². The molecule has 6 atom stereocenters. The van der Waals surface area contributed by atoms with Gasteiger partial charge in [0.1, 0.15) is 18.8 Å². The number of carboxylic acids is 1. The van der Waals surface area contributed by atoms with Gasteiger partial charge in [-0.3, -0.25) is 14.4 Å². The fourth-order valence-electron chi connectivity index (χ4n) is 8.30. The third-order valence-corrected chi connectivity index (χ3v) is 12.9. The minimum absolute atomic E-state index is 0.0787.